The van der Waals surface area contributed by atoms with E-state index in [0.29, 0.717) is 6.42 Å². The van der Waals surface area contributed by atoms with Crippen LogP contribution in [0.5, 0.6) is 0 Å². The van der Waals surface area contributed by atoms with Crippen LogP contribution in [0.4, 0.5) is 8.78 Å². The van der Waals surface area contributed by atoms with Gasteiger partial charge in [-0.15, -0.1) is 0 Å². The highest BCUT2D eigenvalue weighted by molar-refractivity contribution is 4.88. The molecule has 0 bridgehead atoms. The van der Waals surface area contributed by atoms with Gasteiger partial charge in [0.05, 0.1) is 0 Å². The molecule has 0 aromatic rings. The number of hydrogen-bond donors (Lipinski definition) is 1. The molecule has 0 radical (unpaired) electrons. The molecule has 3 heteroatoms. The highest BCUT2D eigenvalue weighted by Gasteiger charge is 2.37. The van der Waals surface area contributed by atoms with Crippen LogP contribution in [0, 0.1) is 11.8 Å². The summed E-state index contributed by atoms with van der Waals surface area (Å²) in [5.74, 6) is -0.845. The van der Waals surface area contributed by atoms with Crippen LogP contribution >= 0.6 is 0 Å². The summed E-state index contributed by atoms with van der Waals surface area (Å²) in [6.45, 7) is 3.17. The summed E-state index contributed by atoms with van der Waals surface area (Å²) in [7, 11) is 0. The first kappa shape index (κ1) is 10.3. The molecule has 2 fully saturated rings. The first-order valence-corrected chi connectivity index (χ1v) is 5.68. The molecule has 0 saturated heterocycles. The van der Waals surface area contributed by atoms with E-state index in [2.05, 4.69) is 12.2 Å². The van der Waals surface area contributed by atoms with Crippen LogP contribution in [0.25, 0.3) is 0 Å². The van der Waals surface area contributed by atoms with Crippen molar-refractivity contribution in [2.45, 2.75) is 51.0 Å². The molecule has 1 N–H and O–H groups in total. The Bertz CT molecular complexity index is 205. The van der Waals surface area contributed by atoms with Crippen LogP contribution < -0.4 is 5.32 Å². The van der Waals surface area contributed by atoms with Crippen molar-refractivity contribution in [3.8, 4) is 0 Å². The lowest BCUT2D eigenvalue weighted by Crippen LogP contribution is -2.40. The summed E-state index contributed by atoms with van der Waals surface area (Å²) in [5, 5.41) is 3.29. The predicted octanol–water partition coefficient (Wildman–Crippen LogP) is 2.81. The average Bonchev–Trinajstić information content (AvgIpc) is 2.77. The molecule has 0 spiro atoms. The molecule has 2 aliphatic carbocycles. The molecule has 3 atom stereocenters. The molecule has 0 heterocycles. The minimum absolute atomic E-state index is 0.0497. The predicted molar refractivity (Wildman–Crippen MR) is 52.5 cm³/mol. The van der Waals surface area contributed by atoms with Crippen LogP contribution in [-0.2, 0) is 0 Å². The van der Waals surface area contributed by atoms with Gasteiger partial charge < -0.3 is 5.32 Å². The van der Waals surface area contributed by atoms with Crippen molar-refractivity contribution in [1.29, 1.82) is 0 Å². The van der Waals surface area contributed by atoms with E-state index in [0.717, 1.165) is 24.8 Å². The van der Waals surface area contributed by atoms with E-state index >= 15 is 0 Å². The molecule has 2 aliphatic rings. The number of alkyl halides is 2. The second kappa shape index (κ2) is 3.76. The van der Waals surface area contributed by atoms with Gasteiger partial charge in [-0.25, -0.2) is 8.78 Å². The van der Waals surface area contributed by atoms with Gasteiger partial charge in [-0.1, -0.05) is 6.92 Å². The van der Waals surface area contributed by atoms with Gasteiger partial charge in [0.25, 0.3) is 0 Å². The topological polar surface area (TPSA) is 12.0 Å². The maximum absolute atomic E-state index is 13.0. The third-order valence-corrected chi connectivity index (χ3v) is 3.59. The van der Waals surface area contributed by atoms with Crippen LogP contribution in [0.1, 0.15) is 39.0 Å². The molecule has 2 rings (SSSR count). The molecular formula is C11H19F2N. The Hall–Kier alpha value is -0.180. The van der Waals surface area contributed by atoms with Gasteiger partial charge in [0, 0.05) is 18.9 Å². The highest BCUT2D eigenvalue weighted by Crippen LogP contribution is 2.38. The van der Waals surface area contributed by atoms with E-state index in [9.17, 15) is 8.78 Å². The fourth-order valence-electron chi connectivity index (χ4n) is 2.35. The van der Waals surface area contributed by atoms with Crippen LogP contribution in [0.15, 0.2) is 0 Å². The van der Waals surface area contributed by atoms with Gasteiger partial charge in [-0.3, -0.25) is 0 Å². The molecular weight excluding hydrogens is 184 g/mol. The van der Waals surface area contributed by atoms with Crippen LogP contribution in [0.3, 0.4) is 0 Å². The third kappa shape index (κ3) is 2.66. The first-order chi connectivity index (χ1) is 6.57. The molecule has 2 saturated carbocycles. The Morgan fingerprint density at radius 2 is 2.14 bits per heavy atom. The fraction of sp³-hybridized carbons (Fsp3) is 1.00. The van der Waals surface area contributed by atoms with Gasteiger partial charge >= 0.3 is 0 Å². The van der Waals surface area contributed by atoms with E-state index < -0.39 is 5.92 Å². The molecule has 3 unspecified atom stereocenters. The van der Waals surface area contributed by atoms with Gasteiger partial charge in [-0.2, -0.15) is 0 Å². The summed E-state index contributed by atoms with van der Waals surface area (Å²) in [6, 6.07) is 0.0616. The first-order valence-electron chi connectivity index (χ1n) is 5.68. The minimum Gasteiger partial charge on any atom is -0.313 e. The Morgan fingerprint density at radius 3 is 2.71 bits per heavy atom. The quantitative estimate of drug-likeness (QED) is 0.743. The molecule has 0 aromatic carbocycles. The monoisotopic (exact) mass is 203 g/mol. The second-order valence-corrected chi connectivity index (χ2v) is 5.03. The summed E-state index contributed by atoms with van der Waals surface area (Å²) < 4.78 is 26.1. The lowest BCUT2D eigenvalue weighted by molar-refractivity contribution is -0.0441. The highest BCUT2D eigenvalue weighted by atomic mass is 19.3. The Kier molecular flexibility index (Phi) is 2.78. The van der Waals surface area contributed by atoms with Crippen LogP contribution in [-0.4, -0.2) is 18.5 Å². The van der Waals surface area contributed by atoms with Crippen molar-refractivity contribution >= 4 is 0 Å². The molecule has 14 heavy (non-hydrogen) atoms. The summed E-state index contributed by atoms with van der Waals surface area (Å²) >= 11 is 0. The summed E-state index contributed by atoms with van der Waals surface area (Å²) in [5.41, 5.74) is 0. The lowest BCUT2D eigenvalue weighted by Gasteiger charge is -2.29. The third-order valence-electron chi connectivity index (χ3n) is 3.59. The fourth-order valence-corrected chi connectivity index (χ4v) is 2.35. The zero-order valence-electron chi connectivity index (χ0n) is 8.73. The number of nitrogens with one attached hydrogen (secondary N) is 1. The lowest BCUT2D eigenvalue weighted by atomic mass is 9.92. The molecule has 0 aliphatic heterocycles. The van der Waals surface area contributed by atoms with E-state index in [1.807, 2.05) is 0 Å². The standard InChI is InChI=1S/C11H19F2N/c1-8-5-9(8)7-14-10-3-2-4-11(12,13)6-10/h8-10,14H,2-7H2,1H3. The van der Waals surface area contributed by atoms with E-state index in [1.165, 1.54) is 6.42 Å². The number of halogens is 2. The van der Waals surface area contributed by atoms with E-state index in [1.54, 1.807) is 0 Å². The second-order valence-electron chi connectivity index (χ2n) is 5.03. The van der Waals surface area contributed by atoms with E-state index in [4.69, 9.17) is 0 Å². The van der Waals surface area contributed by atoms with Gasteiger partial charge in [0.15, 0.2) is 0 Å². The average molecular weight is 203 g/mol. The largest absolute Gasteiger partial charge is 0.313 e. The van der Waals surface area contributed by atoms with Gasteiger partial charge in [-0.05, 0) is 37.6 Å². The molecule has 0 aromatic heterocycles. The maximum atomic E-state index is 13.0. The van der Waals surface area contributed by atoms with Crippen molar-refractivity contribution in [1.82, 2.24) is 5.32 Å². The van der Waals surface area contributed by atoms with Crippen molar-refractivity contribution in [3.05, 3.63) is 0 Å². The van der Waals surface area contributed by atoms with Gasteiger partial charge in [0.2, 0.25) is 5.92 Å². The Labute approximate surface area is 84.3 Å². The normalized spacial score (nSPS) is 40.9. The van der Waals surface area contributed by atoms with Crippen molar-refractivity contribution < 1.29 is 8.78 Å². The zero-order chi connectivity index (χ0) is 10.2. The zero-order valence-corrected chi connectivity index (χ0v) is 8.73. The van der Waals surface area contributed by atoms with Gasteiger partial charge in [0.1, 0.15) is 0 Å². The van der Waals surface area contributed by atoms with Crippen molar-refractivity contribution in [2.24, 2.45) is 11.8 Å². The SMILES string of the molecule is CC1CC1CNC1CCCC(F)(F)C1. The summed E-state index contributed by atoms with van der Waals surface area (Å²) in [4.78, 5) is 0. The van der Waals surface area contributed by atoms with E-state index in [-0.39, 0.29) is 18.9 Å². The molecule has 82 valence electrons. The molecule has 1 nitrogen and oxygen atoms in total. The summed E-state index contributed by atoms with van der Waals surface area (Å²) in [6.07, 6.45) is 3.01. The van der Waals surface area contributed by atoms with Crippen molar-refractivity contribution in [3.63, 3.8) is 0 Å². The Morgan fingerprint density at radius 1 is 1.43 bits per heavy atom. The number of hydrogen-bond acceptors (Lipinski definition) is 1. The van der Waals surface area contributed by atoms with Crippen molar-refractivity contribution in [2.75, 3.05) is 6.54 Å². The smallest absolute Gasteiger partial charge is 0.249 e. The Balaban J connectivity index is 1.70. The molecule has 0 amide bonds. The minimum atomic E-state index is -2.41. The van der Waals surface area contributed by atoms with Crippen LogP contribution in [0.2, 0.25) is 0 Å². The number of rotatable bonds is 3. The maximum Gasteiger partial charge on any atom is 0.249 e.